The molecule has 2 aliphatic rings. The molecule has 0 spiro atoms. The van der Waals surface area contributed by atoms with Crippen LogP contribution in [-0.4, -0.2) is 46.8 Å². The molecule has 2 heterocycles. The molecule has 5 aromatic carbocycles. The first-order valence-corrected chi connectivity index (χ1v) is 18.0. The minimum Gasteiger partial charge on any atom is -0.392 e. The van der Waals surface area contributed by atoms with Crippen LogP contribution in [-0.2, 0) is 28.2 Å². The van der Waals surface area contributed by atoms with Gasteiger partial charge in [-0.15, -0.1) is 0 Å². The van der Waals surface area contributed by atoms with E-state index in [1.165, 1.54) is 0 Å². The third-order valence-electron chi connectivity index (χ3n) is 10.1. The van der Waals surface area contributed by atoms with Crippen molar-refractivity contribution < 1.29 is 24.5 Å². The highest BCUT2D eigenvalue weighted by molar-refractivity contribution is 6.30. The number of carbonyl (C=O) groups is 1. The Morgan fingerprint density at radius 1 is 0.784 bits per heavy atom. The summed E-state index contributed by atoms with van der Waals surface area (Å²) in [6.07, 6.45) is 1.13. The molecule has 3 N–H and O–H groups in total. The van der Waals surface area contributed by atoms with Crippen molar-refractivity contribution in [2.75, 3.05) is 19.6 Å². The zero-order chi connectivity index (χ0) is 35.2. The number of nitrogens with one attached hydrogen (secondary N) is 1. The number of likely N-dealkylation sites (tertiary alicyclic amines) is 1. The van der Waals surface area contributed by atoms with Crippen LogP contribution < -0.4 is 5.32 Å². The quantitative estimate of drug-likeness (QED) is 0.137. The van der Waals surface area contributed by atoms with Crippen molar-refractivity contribution in [3.63, 3.8) is 0 Å². The summed E-state index contributed by atoms with van der Waals surface area (Å²) in [5.41, 5.74) is 6.65. The topological polar surface area (TPSA) is 91.3 Å². The van der Waals surface area contributed by atoms with E-state index in [1.807, 2.05) is 91.0 Å². The van der Waals surface area contributed by atoms with Gasteiger partial charge in [-0.2, -0.15) is 0 Å². The molecule has 2 saturated heterocycles. The SMILES string of the molecule is O=C(NCc1cccc(-c2ccc(C3OC(CN4CCC(O)(c5ccc(Cl)cc5)CC4)CC(c4ccc(CO)cc4)O3)cc2)c1)c1ccccc1. The predicted octanol–water partition coefficient (Wildman–Crippen LogP) is 7.96. The van der Waals surface area contributed by atoms with E-state index in [4.69, 9.17) is 21.1 Å². The maximum atomic E-state index is 12.6. The van der Waals surface area contributed by atoms with E-state index in [1.54, 1.807) is 0 Å². The highest BCUT2D eigenvalue weighted by Crippen LogP contribution is 2.40. The van der Waals surface area contributed by atoms with Gasteiger partial charge in [-0.1, -0.05) is 109 Å². The second kappa shape index (κ2) is 15.9. The number of nitrogens with zero attached hydrogens (tertiary/aromatic N) is 1. The predicted molar refractivity (Wildman–Crippen MR) is 199 cm³/mol. The number of aliphatic hydroxyl groups is 2. The van der Waals surface area contributed by atoms with Crippen LogP contribution in [0, 0.1) is 0 Å². The van der Waals surface area contributed by atoms with E-state index in [0.717, 1.165) is 58.6 Å². The maximum Gasteiger partial charge on any atom is 0.251 e. The lowest BCUT2D eigenvalue weighted by atomic mass is 9.84. The lowest BCUT2D eigenvalue weighted by Crippen LogP contribution is -2.46. The number of amides is 1. The van der Waals surface area contributed by atoms with Gasteiger partial charge in [0.2, 0.25) is 0 Å². The van der Waals surface area contributed by atoms with Crippen molar-refractivity contribution in [1.29, 1.82) is 0 Å². The number of benzene rings is 5. The molecule has 0 bridgehead atoms. The lowest BCUT2D eigenvalue weighted by Gasteiger charge is -2.42. The molecule has 262 valence electrons. The summed E-state index contributed by atoms with van der Waals surface area (Å²) in [7, 11) is 0. The molecule has 0 saturated carbocycles. The molecule has 2 fully saturated rings. The van der Waals surface area contributed by atoms with Gasteiger partial charge in [0.1, 0.15) is 0 Å². The zero-order valence-corrected chi connectivity index (χ0v) is 29.2. The number of ether oxygens (including phenoxy) is 2. The van der Waals surface area contributed by atoms with E-state index < -0.39 is 11.9 Å². The first-order valence-electron chi connectivity index (χ1n) is 17.6. The standard InChI is InChI=1S/C43H43ClN2O5/c44-38-19-17-37(18-20-38)43(49)21-23-46(24-22-43)28-39-26-40(33-11-9-30(29-47)10-12-33)51-42(50-39)35-15-13-32(14-16-35)36-8-4-5-31(25-36)27-45-41(48)34-6-2-1-3-7-34/h1-20,25,39-40,42,47,49H,21-24,26-29H2,(H,45,48). The lowest BCUT2D eigenvalue weighted by molar-refractivity contribution is -0.253. The number of carbonyl (C=O) groups excluding carboxylic acids is 1. The van der Waals surface area contributed by atoms with E-state index in [0.29, 0.717) is 36.4 Å². The Kier molecular flexibility index (Phi) is 10.9. The largest absolute Gasteiger partial charge is 0.392 e. The fourth-order valence-corrected chi connectivity index (χ4v) is 7.17. The molecule has 51 heavy (non-hydrogen) atoms. The highest BCUT2D eigenvalue weighted by Gasteiger charge is 2.37. The summed E-state index contributed by atoms with van der Waals surface area (Å²) in [4.78, 5) is 14.9. The van der Waals surface area contributed by atoms with Gasteiger partial charge in [-0.3, -0.25) is 4.79 Å². The van der Waals surface area contributed by atoms with Gasteiger partial charge in [0.25, 0.3) is 5.91 Å². The smallest absolute Gasteiger partial charge is 0.251 e. The highest BCUT2D eigenvalue weighted by atomic mass is 35.5. The van der Waals surface area contributed by atoms with Crippen LogP contribution in [0.2, 0.25) is 5.02 Å². The van der Waals surface area contributed by atoms with Crippen LogP contribution in [0.3, 0.4) is 0 Å². The van der Waals surface area contributed by atoms with Crippen LogP contribution >= 0.6 is 11.6 Å². The van der Waals surface area contributed by atoms with Crippen LogP contribution in [0.15, 0.2) is 127 Å². The Bertz CT molecular complexity index is 1890. The Labute approximate surface area is 304 Å². The molecule has 3 atom stereocenters. The van der Waals surface area contributed by atoms with Gasteiger partial charge >= 0.3 is 0 Å². The normalized spacial score (nSPS) is 20.5. The monoisotopic (exact) mass is 702 g/mol. The van der Waals surface area contributed by atoms with Gasteiger partial charge < -0.3 is 29.9 Å². The fourth-order valence-electron chi connectivity index (χ4n) is 7.04. The van der Waals surface area contributed by atoms with Crippen LogP contribution in [0.25, 0.3) is 11.1 Å². The zero-order valence-electron chi connectivity index (χ0n) is 28.5. The van der Waals surface area contributed by atoms with Crippen LogP contribution in [0.5, 0.6) is 0 Å². The minimum absolute atomic E-state index is 0.00489. The van der Waals surface area contributed by atoms with E-state index in [2.05, 4.69) is 46.6 Å². The summed E-state index contributed by atoms with van der Waals surface area (Å²) in [5.74, 6) is -0.0986. The molecule has 3 unspecified atom stereocenters. The third kappa shape index (κ3) is 8.59. The minimum atomic E-state index is -0.867. The summed E-state index contributed by atoms with van der Waals surface area (Å²) in [6, 6.07) is 41.2. The molecule has 0 aromatic heterocycles. The van der Waals surface area contributed by atoms with Gasteiger partial charge in [0.15, 0.2) is 6.29 Å². The third-order valence-corrected chi connectivity index (χ3v) is 10.3. The Balaban J connectivity index is 1.03. The van der Waals surface area contributed by atoms with Crippen molar-refractivity contribution in [2.45, 2.75) is 56.5 Å². The molecule has 0 radical (unpaired) electrons. The van der Waals surface area contributed by atoms with Gasteiger partial charge in [-0.05, 0) is 76.6 Å². The number of piperidine rings is 1. The van der Waals surface area contributed by atoms with Gasteiger partial charge in [-0.25, -0.2) is 0 Å². The average Bonchev–Trinajstić information content (AvgIpc) is 3.18. The number of hydrogen-bond acceptors (Lipinski definition) is 6. The van der Waals surface area contributed by atoms with Gasteiger partial charge in [0.05, 0.1) is 24.4 Å². The van der Waals surface area contributed by atoms with E-state index in [9.17, 15) is 15.0 Å². The number of rotatable bonds is 10. The molecule has 0 aliphatic carbocycles. The molecule has 2 aliphatic heterocycles. The average molecular weight is 703 g/mol. The molecule has 8 heteroatoms. The molecular formula is C43H43ClN2O5. The Morgan fingerprint density at radius 3 is 2.20 bits per heavy atom. The number of hydrogen-bond donors (Lipinski definition) is 3. The van der Waals surface area contributed by atoms with Crippen molar-refractivity contribution in [2.24, 2.45) is 0 Å². The molecular weight excluding hydrogens is 660 g/mol. The van der Waals surface area contributed by atoms with Gasteiger partial charge in [0, 0.05) is 48.7 Å². The van der Waals surface area contributed by atoms with Crippen LogP contribution in [0.4, 0.5) is 0 Å². The fraction of sp³-hybridized carbons (Fsp3) is 0.279. The molecule has 7 nitrogen and oxygen atoms in total. The molecule has 1 amide bonds. The number of halogens is 1. The first-order chi connectivity index (χ1) is 24.8. The first kappa shape index (κ1) is 35.1. The second-order valence-corrected chi connectivity index (χ2v) is 14.0. The Hall–Kier alpha value is -4.34. The second-order valence-electron chi connectivity index (χ2n) is 13.6. The Morgan fingerprint density at radius 2 is 1.49 bits per heavy atom. The molecule has 5 aromatic rings. The van der Waals surface area contributed by atoms with Crippen molar-refractivity contribution in [3.8, 4) is 11.1 Å². The summed E-state index contributed by atoms with van der Waals surface area (Å²) in [5, 5.41) is 24.7. The van der Waals surface area contributed by atoms with E-state index in [-0.39, 0.29) is 24.7 Å². The van der Waals surface area contributed by atoms with Crippen molar-refractivity contribution >= 4 is 17.5 Å². The van der Waals surface area contributed by atoms with E-state index >= 15 is 0 Å². The summed E-state index contributed by atoms with van der Waals surface area (Å²) >= 11 is 6.10. The summed E-state index contributed by atoms with van der Waals surface area (Å²) in [6.45, 7) is 2.67. The number of aliphatic hydroxyl groups excluding tert-OH is 1. The van der Waals surface area contributed by atoms with Crippen molar-refractivity contribution in [3.05, 3.63) is 166 Å². The summed E-state index contributed by atoms with van der Waals surface area (Å²) < 4.78 is 13.3. The maximum absolute atomic E-state index is 12.6. The van der Waals surface area contributed by atoms with Crippen LogP contribution in [0.1, 0.15) is 69.8 Å². The van der Waals surface area contributed by atoms with Crippen molar-refractivity contribution in [1.82, 2.24) is 10.2 Å². The molecule has 7 rings (SSSR count).